The van der Waals surface area contributed by atoms with Gasteiger partial charge in [0.1, 0.15) is 0 Å². The lowest BCUT2D eigenvalue weighted by molar-refractivity contribution is -0.385. The molecule has 18 heavy (non-hydrogen) atoms. The van der Waals surface area contributed by atoms with E-state index in [-0.39, 0.29) is 17.4 Å². The molecule has 1 heterocycles. The molecule has 0 unspecified atom stereocenters. The SMILES string of the molecule is Cc1cccc([N+](=O)[O-])c1Oc1ncc(I)cn1. The number of para-hydroxylation sites is 1. The first kappa shape index (κ1) is 12.7. The van der Waals surface area contributed by atoms with Crippen molar-refractivity contribution in [3.8, 4) is 11.8 Å². The van der Waals surface area contributed by atoms with Crippen LogP contribution in [-0.2, 0) is 0 Å². The summed E-state index contributed by atoms with van der Waals surface area (Å²) in [6.07, 6.45) is 3.15. The molecule has 0 saturated heterocycles. The van der Waals surface area contributed by atoms with Crippen LogP contribution in [0.2, 0.25) is 0 Å². The molecule has 0 atom stereocenters. The minimum atomic E-state index is -0.491. The molecule has 1 aromatic heterocycles. The third-order valence-electron chi connectivity index (χ3n) is 2.18. The largest absolute Gasteiger partial charge is 0.417 e. The Morgan fingerprint density at radius 2 is 2.00 bits per heavy atom. The van der Waals surface area contributed by atoms with Crippen LogP contribution in [0.15, 0.2) is 30.6 Å². The Balaban J connectivity index is 2.39. The Bertz CT molecular complexity index is 587. The molecule has 1 aromatic carbocycles. The van der Waals surface area contributed by atoms with Crippen LogP contribution in [-0.4, -0.2) is 14.9 Å². The number of nitro benzene ring substituents is 1. The van der Waals surface area contributed by atoms with Gasteiger partial charge in [0.25, 0.3) is 0 Å². The number of benzene rings is 1. The fourth-order valence-corrected chi connectivity index (χ4v) is 1.64. The monoisotopic (exact) mass is 357 g/mol. The third kappa shape index (κ3) is 2.73. The fraction of sp³-hybridized carbons (Fsp3) is 0.0909. The summed E-state index contributed by atoms with van der Waals surface area (Å²) in [5, 5.41) is 10.9. The number of aryl methyl sites for hydroxylation is 1. The Morgan fingerprint density at radius 1 is 1.33 bits per heavy atom. The van der Waals surface area contributed by atoms with Crippen molar-refractivity contribution in [2.24, 2.45) is 0 Å². The molecule has 0 amide bonds. The van der Waals surface area contributed by atoms with Crippen LogP contribution in [0.1, 0.15) is 5.56 Å². The summed E-state index contributed by atoms with van der Waals surface area (Å²) in [5.74, 6) is 0.170. The smallest absolute Gasteiger partial charge is 0.322 e. The molecule has 0 N–H and O–H groups in total. The summed E-state index contributed by atoms with van der Waals surface area (Å²) in [4.78, 5) is 18.3. The number of nitrogens with zero attached hydrogens (tertiary/aromatic N) is 3. The first-order valence-electron chi connectivity index (χ1n) is 4.97. The van der Waals surface area contributed by atoms with Crippen LogP contribution >= 0.6 is 22.6 Å². The standard InChI is InChI=1S/C11H8IN3O3/c1-7-3-2-4-9(15(16)17)10(7)18-11-13-5-8(12)6-14-11/h2-6H,1H3. The number of rotatable bonds is 3. The quantitative estimate of drug-likeness (QED) is 0.479. The van der Waals surface area contributed by atoms with E-state index in [9.17, 15) is 10.1 Å². The van der Waals surface area contributed by atoms with Gasteiger partial charge in [-0.25, -0.2) is 9.97 Å². The molecule has 2 rings (SSSR count). The molecular weight excluding hydrogens is 349 g/mol. The van der Waals surface area contributed by atoms with E-state index in [0.29, 0.717) is 5.56 Å². The molecule has 0 bridgehead atoms. The lowest BCUT2D eigenvalue weighted by Gasteiger charge is -2.06. The number of hydrogen-bond donors (Lipinski definition) is 0. The Morgan fingerprint density at radius 3 is 2.61 bits per heavy atom. The van der Waals surface area contributed by atoms with E-state index in [0.717, 1.165) is 3.57 Å². The van der Waals surface area contributed by atoms with Crippen LogP contribution in [0.25, 0.3) is 0 Å². The Kier molecular flexibility index (Phi) is 3.70. The van der Waals surface area contributed by atoms with Gasteiger partial charge in [-0.2, -0.15) is 0 Å². The van der Waals surface area contributed by atoms with E-state index in [1.54, 1.807) is 31.5 Å². The normalized spacial score (nSPS) is 10.1. The van der Waals surface area contributed by atoms with Crippen molar-refractivity contribution in [3.05, 3.63) is 49.8 Å². The third-order valence-corrected chi connectivity index (χ3v) is 2.73. The summed E-state index contributed by atoms with van der Waals surface area (Å²) in [7, 11) is 0. The summed E-state index contributed by atoms with van der Waals surface area (Å²) in [6.45, 7) is 1.73. The van der Waals surface area contributed by atoms with Crippen molar-refractivity contribution in [2.45, 2.75) is 6.92 Å². The lowest BCUT2D eigenvalue weighted by atomic mass is 10.2. The van der Waals surface area contributed by atoms with E-state index < -0.39 is 4.92 Å². The molecule has 92 valence electrons. The van der Waals surface area contributed by atoms with E-state index in [2.05, 4.69) is 32.6 Å². The lowest BCUT2D eigenvalue weighted by Crippen LogP contribution is -1.98. The highest BCUT2D eigenvalue weighted by molar-refractivity contribution is 14.1. The summed E-state index contributed by atoms with van der Waals surface area (Å²) in [5.41, 5.74) is 0.559. The maximum absolute atomic E-state index is 10.9. The van der Waals surface area contributed by atoms with Gasteiger partial charge in [-0.05, 0) is 35.1 Å². The number of ether oxygens (including phenoxy) is 1. The van der Waals surface area contributed by atoms with E-state index >= 15 is 0 Å². The van der Waals surface area contributed by atoms with Crippen LogP contribution in [0.3, 0.4) is 0 Å². The predicted molar refractivity (Wildman–Crippen MR) is 72.7 cm³/mol. The number of halogens is 1. The molecular formula is C11H8IN3O3. The topological polar surface area (TPSA) is 78.2 Å². The molecule has 0 saturated carbocycles. The zero-order valence-electron chi connectivity index (χ0n) is 9.33. The predicted octanol–water partition coefficient (Wildman–Crippen LogP) is 3.09. The van der Waals surface area contributed by atoms with Gasteiger partial charge in [0, 0.05) is 22.0 Å². The highest BCUT2D eigenvalue weighted by atomic mass is 127. The molecule has 0 spiro atoms. The van der Waals surface area contributed by atoms with Crippen molar-refractivity contribution in [3.63, 3.8) is 0 Å². The van der Waals surface area contributed by atoms with Gasteiger partial charge >= 0.3 is 11.7 Å². The summed E-state index contributed by atoms with van der Waals surface area (Å²) in [6, 6.07) is 4.81. The Hall–Kier alpha value is -1.77. The van der Waals surface area contributed by atoms with Gasteiger partial charge in [-0.1, -0.05) is 12.1 Å². The molecule has 7 heteroatoms. The van der Waals surface area contributed by atoms with Crippen LogP contribution < -0.4 is 4.74 Å². The highest BCUT2D eigenvalue weighted by Crippen LogP contribution is 2.32. The highest BCUT2D eigenvalue weighted by Gasteiger charge is 2.18. The molecule has 0 fully saturated rings. The van der Waals surface area contributed by atoms with Crippen molar-refractivity contribution >= 4 is 28.3 Å². The minimum Gasteiger partial charge on any atom is -0.417 e. The van der Waals surface area contributed by atoms with Crippen molar-refractivity contribution in [1.82, 2.24) is 9.97 Å². The molecule has 6 nitrogen and oxygen atoms in total. The fourth-order valence-electron chi connectivity index (χ4n) is 1.36. The van der Waals surface area contributed by atoms with Crippen molar-refractivity contribution < 1.29 is 9.66 Å². The first-order chi connectivity index (χ1) is 8.58. The average molecular weight is 357 g/mol. The van der Waals surface area contributed by atoms with Gasteiger partial charge in [0.2, 0.25) is 5.75 Å². The number of aromatic nitrogens is 2. The van der Waals surface area contributed by atoms with Gasteiger partial charge in [0.15, 0.2) is 0 Å². The van der Waals surface area contributed by atoms with Gasteiger partial charge < -0.3 is 4.74 Å². The van der Waals surface area contributed by atoms with E-state index in [4.69, 9.17) is 4.74 Å². The van der Waals surface area contributed by atoms with Crippen molar-refractivity contribution in [1.29, 1.82) is 0 Å². The number of nitro groups is 1. The Labute approximate surface area is 116 Å². The molecule has 0 radical (unpaired) electrons. The maximum atomic E-state index is 10.9. The summed E-state index contributed by atoms with van der Waals surface area (Å²) >= 11 is 2.06. The number of hydrogen-bond acceptors (Lipinski definition) is 5. The van der Waals surface area contributed by atoms with E-state index in [1.807, 2.05) is 0 Å². The summed E-state index contributed by atoms with van der Waals surface area (Å²) < 4.78 is 6.25. The van der Waals surface area contributed by atoms with Crippen LogP contribution in [0.4, 0.5) is 5.69 Å². The molecule has 0 aliphatic carbocycles. The first-order valence-corrected chi connectivity index (χ1v) is 6.05. The molecule has 0 aliphatic heterocycles. The van der Waals surface area contributed by atoms with Gasteiger partial charge in [-0.3, -0.25) is 10.1 Å². The van der Waals surface area contributed by atoms with E-state index in [1.165, 1.54) is 6.07 Å². The van der Waals surface area contributed by atoms with Gasteiger partial charge in [-0.15, -0.1) is 0 Å². The van der Waals surface area contributed by atoms with Crippen LogP contribution in [0.5, 0.6) is 11.8 Å². The average Bonchev–Trinajstić information content (AvgIpc) is 2.34. The zero-order valence-corrected chi connectivity index (χ0v) is 11.5. The van der Waals surface area contributed by atoms with Crippen LogP contribution in [0, 0.1) is 20.6 Å². The zero-order chi connectivity index (χ0) is 13.1. The van der Waals surface area contributed by atoms with Gasteiger partial charge in [0.05, 0.1) is 4.92 Å². The second-order valence-electron chi connectivity index (χ2n) is 3.47. The molecule has 2 aromatic rings. The minimum absolute atomic E-state index is 0.0906. The molecule has 0 aliphatic rings. The maximum Gasteiger partial charge on any atom is 0.322 e. The second-order valence-corrected chi connectivity index (χ2v) is 4.71. The second kappa shape index (κ2) is 5.25. The van der Waals surface area contributed by atoms with Crippen molar-refractivity contribution in [2.75, 3.05) is 0 Å².